The minimum atomic E-state index is -0.0533. The van der Waals surface area contributed by atoms with Crippen LogP contribution in [-0.4, -0.2) is 40.2 Å². The molecule has 1 aliphatic heterocycles. The van der Waals surface area contributed by atoms with Crippen molar-refractivity contribution < 1.29 is 4.74 Å². The predicted octanol–water partition coefficient (Wildman–Crippen LogP) is 1.71. The van der Waals surface area contributed by atoms with Crippen molar-refractivity contribution in [3.63, 3.8) is 0 Å². The van der Waals surface area contributed by atoms with Gasteiger partial charge in [-0.05, 0) is 37.8 Å². The number of hydrogen-bond acceptors (Lipinski definition) is 4. The second-order valence-corrected chi connectivity index (χ2v) is 6.55. The molecule has 4 rings (SSSR count). The van der Waals surface area contributed by atoms with Gasteiger partial charge in [-0.3, -0.25) is 9.69 Å². The Morgan fingerprint density at radius 3 is 2.95 bits per heavy atom. The molecule has 1 saturated heterocycles. The van der Waals surface area contributed by atoms with Crippen molar-refractivity contribution in [2.45, 2.75) is 25.8 Å². The zero-order valence-electron chi connectivity index (χ0n) is 13.1. The third-order valence-electron chi connectivity index (χ3n) is 4.68. The molecule has 1 aromatic heterocycles. The predicted molar refractivity (Wildman–Crippen MR) is 85.3 cm³/mol. The topological polar surface area (TPSA) is 47.1 Å². The minimum absolute atomic E-state index is 0.0533. The van der Waals surface area contributed by atoms with Crippen LogP contribution in [0.5, 0.6) is 5.75 Å². The largest absolute Gasteiger partial charge is 0.490 e. The number of rotatable bonds is 5. The van der Waals surface area contributed by atoms with E-state index in [2.05, 4.69) is 9.88 Å². The van der Waals surface area contributed by atoms with Gasteiger partial charge in [0, 0.05) is 20.1 Å². The summed E-state index contributed by atoms with van der Waals surface area (Å²) in [6, 6.07) is 6.31. The first-order valence-electron chi connectivity index (χ1n) is 7.96. The first-order valence-corrected chi connectivity index (χ1v) is 7.96. The van der Waals surface area contributed by atoms with Crippen LogP contribution in [0.15, 0.2) is 23.0 Å². The van der Waals surface area contributed by atoms with Crippen molar-refractivity contribution in [1.29, 1.82) is 0 Å². The lowest BCUT2D eigenvalue weighted by Gasteiger charge is -2.11. The Balaban J connectivity index is 1.53. The molecular formula is C17H21N3O2. The molecule has 0 bridgehead atoms. The van der Waals surface area contributed by atoms with E-state index in [1.54, 1.807) is 18.5 Å². The Labute approximate surface area is 129 Å². The first-order chi connectivity index (χ1) is 10.6. The summed E-state index contributed by atoms with van der Waals surface area (Å²) in [6.45, 7) is 4.83. The molecule has 22 heavy (non-hydrogen) atoms. The summed E-state index contributed by atoms with van der Waals surface area (Å²) in [5.41, 5.74) is 2.05. The minimum Gasteiger partial charge on any atom is -0.490 e. The van der Waals surface area contributed by atoms with Crippen LogP contribution in [0.4, 0.5) is 0 Å². The quantitative estimate of drug-likeness (QED) is 0.789. The van der Waals surface area contributed by atoms with Crippen molar-refractivity contribution >= 4 is 11.0 Å². The van der Waals surface area contributed by atoms with Crippen LogP contribution >= 0.6 is 0 Å². The number of aryl methyl sites for hydroxylation is 2. The molecule has 1 aliphatic carbocycles. The second-order valence-electron chi connectivity index (χ2n) is 6.55. The lowest BCUT2D eigenvalue weighted by atomic mass is 10.2. The molecule has 2 aliphatic rings. The van der Waals surface area contributed by atoms with Gasteiger partial charge in [-0.2, -0.15) is 0 Å². The summed E-state index contributed by atoms with van der Waals surface area (Å²) >= 11 is 0. The van der Waals surface area contributed by atoms with Crippen LogP contribution in [0.25, 0.3) is 11.0 Å². The first kappa shape index (κ1) is 13.8. The smallest absolute Gasteiger partial charge is 0.272 e. The van der Waals surface area contributed by atoms with Gasteiger partial charge in [0.15, 0.2) is 0 Å². The molecule has 0 spiro atoms. The number of aromatic nitrogens is 2. The maximum absolute atomic E-state index is 12.0. The highest BCUT2D eigenvalue weighted by Crippen LogP contribution is 2.34. The third-order valence-corrected chi connectivity index (χ3v) is 4.68. The molecule has 0 amide bonds. The lowest BCUT2D eigenvalue weighted by molar-refractivity contribution is 0.294. The fourth-order valence-corrected chi connectivity index (χ4v) is 3.00. The molecule has 2 fully saturated rings. The fourth-order valence-electron chi connectivity index (χ4n) is 3.00. The van der Waals surface area contributed by atoms with Crippen LogP contribution in [0.3, 0.4) is 0 Å². The van der Waals surface area contributed by atoms with E-state index >= 15 is 0 Å². The van der Waals surface area contributed by atoms with Gasteiger partial charge < -0.3 is 9.30 Å². The van der Waals surface area contributed by atoms with E-state index in [0.29, 0.717) is 18.3 Å². The zero-order chi connectivity index (χ0) is 15.3. The van der Waals surface area contributed by atoms with E-state index in [-0.39, 0.29) is 5.56 Å². The number of benzene rings is 1. The normalized spacial score (nSPS) is 23.7. The van der Waals surface area contributed by atoms with Crippen molar-refractivity contribution in [2.24, 2.45) is 13.0 Å². The molecule has 5 nitrogen and oxygen atoms in total. The highest BCUT2D eigenvalue weighted by molar-refractivity contribution is 5.81. The Bertz CT molecular complexity index is 779. The molecule has 2 heterocycles. The van der Waals surface area contributed by atoms with Crippen LogP contribution in [0, 0.1) is 12.8 Å². The molecule has 116 valence electrons. The molecule has 2 unspecified atom stereocenters. The van der Waals surface area contributed by atoms with E-state index in [1.807, 2.05) is 18.2 Å². The Morgan fingerprint density at radius 2 is 2.18 bits per heavy atom. The molecule has 2 aromatic rings. The average molecular weight is 299 g/mol. The molecule has 5 heteroatoms. The van der Waals surface area contributed by atoms with Crippen LogP contribution in [0.2, 0.25) is 0 Å². The Morgan fingerprint density at radius 1 is 1.36 bits per heavy atom. The number of fused-ring (bicyclic) bond motifs is 1. The summed E-state index contributed by atoms with van der Waals surface area (Å²) in [7, 11) is 1.78. The molecule has 0 radical (unpaired) electrons. The van der Waals surface area contributed by atoms with E-state index < -0.39 is 0 Å². The maximum atomic E-state index is 12.0. The molecular weight excluding hydrogens is 278 g/mol. The summed E-state index contributed by atoms with van der Waals surface area (Å²) in [5.74, 6) is 1.70. The van der Waals surface area contributed by atoms with E-state index in [9.17, 15) is 4.79 Å². The maximum Gasteiger partial charge on any atom is 0.272 e. The number of ether oxygens (including phenoxy) is 1. The van der Waals surface area contributed by atoms with E-state index in [4.69, 9.17) is 4.74 Å². The monoisotopic (exact) mass is 299 g/mol. The number of nitrogens with zero attached hydrogens (tertiary/aromatic N) is 3. The van der Waals surface area contributed by atoms with Gasteiger partial charge in [-0.15, -0.1) is 0 Å². The summed E-state index contributed by atoms with van der Waals surface area (Å²) in [5, 5.41) is 0. The van der Waals surface area contributed by atoms with Crippen LogP contribution in [0.1, 0.15) is 18.5 Å². The molecule has 1 saturated carbocycles. The number of para-hydroxylation sites is 1. The zero-order valence-corrected chi connectivity index (χ0v) is 13.1. The summed E-state index contributed by atoms with van der Waals surface area (Å²) in [4.78, 5) is 18.9. The fraction of sp³-hybridized carbons (Fsp3) is 0.529. The molecule has 1 aromatic carbocycles. The molecule has 0 N–H and O–H groups in total. The van der Waals surface area contributed by atoms with Crippen LogP contribution in [-0.2, 0) is 7.05 Å². The highest BCUT2D eigenvalue weighted by Gasteiger charge is 2.38. The molecule has 2 atom stereocenters. The van der Waals surface area contributed by atoms with Gasteiger partial charge in [-0.1, -0.05) is 6.07 Å². The highest BCUT2D eigenvalue weighted by atomic mass is 16.5. The average Bonchev–Trinajstić information content (AvgIpc) is 3.42. The van der Waals surface area contributed by atoms with Crippen molar-refractivity contribution in [3.8, 4) is 5.75 Å². The van der Waals surface area contributed by atoms with Gasteiger partial charge in [0.25, 0.3) is 5.56 Å². The van der Waals surface area contributed by atoms with E-state index in [0.717, 1.165) is 29.2 Å². The van der Waals surface area contributed by atoms with Gasteiger partial charge in [0.1, 0.15) is 23.6 Å². The third kappa shape index (κ3) is 2.50. The van der Waals surface area contributed by atoms with Crippen molar-refractivity contribution in [3.05, 3.63) is 34.2 Å². The number of hydrogen-bond donors (Lipinski definition) is 0. The summed E-state index contributed by atoms with van der Waals surface area (Å²) < 4.78 is 7.65. The Hall–Kier alpha value is -1.88. The summed E-state index contributed by atoms with van der Waals surface area (Å²) in [6.07, 6.45) is 2.79. The van der Waals surface area contributed by atoms with Gasteiger partial charge >= 0.3 is 0 Å². The lowest BCUT2D eigenvalue weighted by Crippen LogP contribution is -2.21. The SMILES string of the molecule is Cc1nc2c(OCC3CN3CC3CC3)cccc2n(C)c1=O. The van der Waals surface area contributed by atoms with Crippen LogP contribution < -0.4 is 10.3 Å². The Kier molecular flexibility index (Phi) is 3.18. The van der Waals surface area contributed by atoms with E-state index in [1.165, 1.54) is 19.4 Å². The standard InChI is InChI=1S/C17H21N3O2/c1-11-17(21)19(2)14-4-3-5-15(16(14)18-11)22-10-13-9-20(13)8-12-6-7-12/h3-5,12-13H,6-10H2,1-2H3. The van der Waals surface area contributed by atoms with Crippen molar-refractivity contribution in [2.75, 3.05) is 19.7 Å². The second kappa shape index (κ2) is 5.09. The van der Waals surface area contributed by atoms with Gasteiger partial charge in [0.2, 0.25) is 0 Å². The van der Waals surface area contributed by atoms with Crippen molar-refractivity contribution in [1.82, 2.24) is 14.5 Å². The van der Waals surface area contributed by atoms with Gasteiger partial charge in [0.05, 0.1) is 11.6 Å². The van der Waals surface area contributed by atoms with Gasteiger partial charge in [-0.25, -0.2) is 4.98 Å².